The van der Waals surface area contributed by atoms with Crippen molar-refractivity contribution in [3.8, 4) is 11.5 Å². The van der Waals surface area contributed by atoms with Crippen LogP contribution >= 0.6 is 15.9 Å². The van der Waals surface area contributed by atoms with Gasteiger partial charge >= 0.3 is 5.97 Å². The van der Waals surface area contributed by atoms with Crippen LogP contribution in [0.3, 0.4) is 0 Å². The van der Waals surface area contributed by atoms with Crippen molar-refractivity contribution in [3.63, 3.8) is 0 Å². The standard InChI is InChI=1S/C28H26BrN5O4/c1-17-8-7-11-20(12-17)16-37-26-22(29)13-21(14-23(26)36-3)25-24(18(2)30-28-31-32-33-34(25)28)27(35)38-15-19-9-5-4-6-10-19/h4-14,25H,15-16H2,1-3H3,(H,30,31,33). The number of aryl methyl sites for hydroxylation is 1. The molecular weight excluding hydrogens is 550 g/mol. The van der Waals surface area contributed by atoms with Gasteiger partial charge in [0, 0.05) is 5.70 Å². The molecular formula is C28H26BrN5O4. The minimum Gasteiger partial charge on any atom is -0.493 e. The molecule has 38 heavy (non-hydrogen) atoms. The first-order chi connectivity index (χ1) is 18.4. The molecule has 0 radical (unpaired) electrons. The molecule has 4 aromatic rings. The Labute approximate surface area is 228 Å². The highest BCUT2D eigenvalue weighted by molar-refractivity contribution is 9.10. The van der Waals surface area contributed by atoms with E-state index in [1.807, 2.05) is 67.6 Å². The predicted molar refractivity (Wildman–Crippen MR) is 145 cm³/mol. The summed E-state index contributed by atoms with van der Waals surface area (Å²) in [6.07, 6.45) is 0. The van der Waals surface area contributed by atoms with Gasteiger partial charge in [0.05, 0.1) is 17.2 Å². The lowest BCUT2D eigenvalue weighted by atomic mass is 9.95. The molecule has 194 valence electrons. The number of carbonyl (C=O) groups is 1. The van der Waals surface area contributed by atoms with E-state index in [-0.39, 0.29) is 6.61 Å². The van der Waals surface area contributed by atoms with Crippen molar-refractivity contribution in [3.05, 3.63) is 105 Å². The molecule has 0 aliphatic carbocycles. The summed E-state index contributed by atoms with van der Waals surface area (Å²) in [6, 6.07) is 20.7. The third kappa shape index (κ3) is 5.26. The van der Waals surface area contributed by atoms with Gasteiger partial charge in [-0.25, -0.2) is 4.79 Å². The quantitative estimate of drug-likeness (QED) is 0.280. The van der Waals surface area contributed by atoms with E-state index in [9.17, 15) is 4.79 Å². The van der Waals surface area contributed by atoms with Gasteiger partial charge in [-0.15, -0.1) is 0 Å². The van der Waals surface area contributed by atoms with Crippen LogP contribution in [0, 0.1) is 6.92 Å². The number of carbonyl (C=O) groups excluding carboxylic acids is 1. The van der Waals surface area contributed by atoms with E-state index in [4.69, 9.17) is 14.2 Å². The summed E-state index contributed by atoms with van der Waals surface area (Å²) in [5.74, 6) is 1.00. The van der Waals surface area contributed by atoms with Crippen LogP contribution in [0.2, 0.25) is 0 Å². The van der Waals surface area contributed by atoms with Crippen molar-refractivity contribution in [2.24, 2.45) is 0 Å². The average Bonchev–Trinajstić information content (AvgIpc) is 3.38. The maximum absolute atomic E-state index is 13.4. The van der Waals surface area contributed by atoms with Gasteiger partial charge in [-0.05, 0) is 69.0 Å². The fourth-order valence-electron chi connectivity index (χ4n) is 4.38. The van der Waals surface area contributed by atoms with Gasteiger partial charge in [0.15, 0.2) is 11.5 Å². The Morgan fingerprint density at radius 1 is 1.03 bits per heavy atom. The number of esters is 1. The minimum absolute atomic E-state index is 0.143. The van der Waals surface area contributed by atoms with Gasteiger partial charge in [0.2, 0.25) is 5.95 Å². The molecule has 1 N–H and O–H groups in total. The van der Waals surface area contributed by atoms with E-state index < -0.39 is 12.0 Å². The number of anilines is 1. The van der Waals surface area contributed by atoms with Gasteiger partial charge < -0.3 is 19.5 Å². The van der Waals surface area contributed by atoms with Crippen LogP contribution in [-0.2, 0) is 22.7 Å². The largest absolute Gasteiger partial charge is 0.493 e. The maximum atomic E-state index is 13.4. The highest BCUT2D eigenvalue weighted by Crippen LogP contribution is 2.43. The zero-order chi connectivity index (χ0) is 26.6. The number of aromatic nitrogens is 4. The summed E-state index contributed by atoms with van der Waals surface area (Å²) in [5.41, 5.74) is 4.80. The number of hydrogen-bond donors (Lipinski definition) is 1. The third-order valence-corrected chi connectivity index (χ3v) is 6.77. The number of ether oxygens (including phenoxy) is 3. The summed E-state index contributed by atoms with van der Waals surface area (Å²) in [6.45, 7) is 4.36. The van der Waals surface area contributed by atoms with Crippen molar-refractivity contribution in [2.75, 3.05) is 12.4 Å². The smallest absolute Gasteiger partial charge is 0.338 e. The van der Waals surface area contributed by atoms with E-state index in [1.54, 1.807) is 18.7 Å². The summed E-state index contributed by atoms with van der Waals surface area (Å²) < 4.78 is 19.8. The average molecular weight is 576 g/mol. The lowest BCUT2D eigenvalue weighted by Gasteiger charge is -2.28. The monoisotopic (exact) mass is 575 g/mol. The molecule has 0 bridgehead atoms. The molecule has 5 rings (SSSR count). The number of allylic oxidation sites excluding steroid dienone is 1. The Hall–Kier alpha value is -4.18. The Bertz CT molecular complexity index is 1500. The molecule has 3 aromatic carbocycles. The molecule has 2 heterocycles. The maximum Gasteiger partial charge on any atom is 0.338 e. The first kappa shape index (κ1) is 25.5. The van der Waals surface area contributed by atoms with Crippen molar-refractivity contribution >= 4 is 27.8 Å². The van der Waals surface area contributed by atoms with Crippen LogP contribution in [0.25, 0.3) is 0 Å². The Morgan fingerprint density at radius 2 is 1.82 bits per heavy atom. The number of tetrazole rings is 1. The second kappa shape index (κ2) is 11.1. The Morgan fingerprint density at radius 3 is 2.58 bits per heavy atom. The zero-order valence-electron chi connectivity index (χ0n) is 21.1. The van der Waals surface area contributed by atoms with Crippen LogP contribution < -0.4 is 14.8 Å². The topological polar surface area (TPSA) is 100 Å². The normalized spacial score (nSPS) is 14.5. The molecule has 9 nitrogen and oxygen atoms in total. The SMILES string of the molecule is COc1cc(C2C(C(=O)OCc3ccccc3)=C(C)Nc3nnnn32)cc(Br)c1OCc1cccc(C)c1. The van der Waals surface area contributed by atoms with Gasteiger partial charge in [-0.2, -0.15) is 4.68 Å². The van der Waals surface area contributed by atoms with Crippen LogP contribution in [-0.4, -0.2) is 33.3 Å². The molecule has 1 atom stereocenters. The van der Waals surface area contributed by atoms with Gasteiger partial charge in [-0.3, -0.25) is 0 Å². The molecule has 0 saturated heterocycles. The summed E-state index contributed by atoms with van der Waals surface area (Å²) in [5, 5.41) is 15.1. The predicted octanol–water partition coefficient (Wildman–Crippen LogP) is 5.36. The van der Waals surface area contributed by atoms with Crippen LogP contribution in [0.4, 0.5) is 5.95 Å². The minimum atomic E-state index is -0.652. The number of rotatable bonds is 8. The van der Waals surface area contributed by atoms with E-state index in [0.717, 1.165) is 22.3 Å². The van der Waals surface area contributed by atoms with E-state index in [1.165, 1.54) is 0 Å². The first-order valence-electron chi connectivity index (χ1n) is 12.0. The number of nitrogens with zero attached hydrogens (tertiary/aromatic N) is 4. The highest BCUT2D eigenvalue weighted by Gasteiger charge is 2.36. The van der Waals surface area contributed by atoms with Gasteiger partial charge in [0.25, 0.3) is 0 Å². The zero-order valence-corrected chi connectivity index (χ0v) is 22.7. The van der Waals surface area contributed by atoms with Crippen molar-refractivity contribution in [2.45, 2.75) is 33.1 Å². The van der Waals surface area contributed by atoms with Crippen LogP contribution in [0.5, 0.6) is 11.5 Å². The summed E-state index contributed by atoms with van der Waals surface area (Å²) in [4.78, 5) is 13.4. The number of nitrogens with one attached hydrogen (secondary N) is 1. The van der Waals surface area contributed by atoms with Crippen molar-refractivity contribution in [1.82, 2.24) is 20.2 Å². The molecule has 1 aliphatic rings. The fourth-order valence-corrected chi connectivity index (χ4v) is 4.96. The first-order valence-corrected chi connectivity index (χ1v) is 12.8. The molecule has 0 amide bonds. The molecule has 1 aliphatic heterocycles. The number of benzene rings is 3. The van der Waals surface area contributed by atoms with Crippen LogP contribution in [0.1, 0.15) is 35.2 Å². The highest BCUT2D eigenvalue weighted by atomic mass is 79.9. The molecule has 0 fully saturated rings. The summed E-state index contributed by atoms with van der Waals surface area (Å²) >= 11 is 3.64. The van der Waals surface area contributed by atoms with Crippen molar-refractivity contribution in [1.29, 1.82) is 0 Å². The van der Waals surface area contributed by atoms with Gasteiger partial charge in [-0.1, -0.05) is 65.3 Å². The second-order valence-electron chi connectivity index (χ2n) is 8.89. The molecule has 0 spiro atoms. The molecule has 10 heteroatoms. The Kier molecular flexibility index (Phi) is 7.41. The number of halogens is 1. The van der Waals surface area contributed by atoms with Crippen molar-refractivity contribution < 1.29 is 19.0 Å². The van der Waals surface area contributed by atoms with E-state index >= 15 is 0 Å². The van der Waals surface area contributed by atoms with E-state index in [0.29, 0.717) is 39.8 Å². The lowest BCUT2D eigenvalue weighted by Crippen LogP contribution is -2.29. The summed E-state index contributed by atoms with van der Waals surface area (Å²) in [7, 11) is 1.58. The number of fused-ring (bicyclic) bond motifs is 1. The fraction of sp³-hybridized carbons (Fsp3) is 0.214. The lowest BCUT2D eigenvalue weighted by molar-refractivity contribution is -0.140. The Balaban J connectivity index is 1.47. The van der Waals surface area contributed by atoms with Gasteiger partial charge in [0.1, 0.15) is 19.3 Å². The number of hydrogen-bond acceptors (Lipinski definition) is 8. The molecule has 1 unspecified atom stereocenters. The second-order valence-corrected chi connectivity index (χ2v) is 9.74. The number of methoxy groups -OCH3 is 1. The molecule has 0 saturated carbocycles. The molecule has 1 aromatic heterocycles. The third-order valence-electron chi connectivity index (χ3n) is 6.18. The van der Waals surface area contributed by atoms with E-state index in [2.05, 4.69) is 42.8 Å². The van der Waals surface area contributed by atoms with Crippen LogP contribution in [0.15, 0.2) is 82.5 Å².